The van der Waals surface area contributed by atoms with Crippen molar-refractivity contribution in [2.24, 2.45) is 13.0 Å². The second kappa shape index (κ2) is 6.40. The Morgan fingerprint density at radius 2 is 2.08 bits per heavy atom. The van der Waals surface area contributed by atoms with Crippen molar-refractivity contribution >= 4 is 11.5 Å². The van der Waals surface area contributed by atoms with Crippen LogP contribution >= 0.6 is 0 Å². The molecule has 1 fully saturated rings. The average molecular weight is 353 g/mol. The minimum Gasteiger partial charge on any atom is -0.323 e. The van der Waals surface area contributed by atoms with Crippen molar-refractivity contribution in [2.75, 3.05) is 11.4 Å². The van der Waals surface area contributed by atoms with E-state index >= 15 is 0 Å². The Hall–Kier alpha value is -1.84. The van der Waals surface area contributed by atoms with E-state index in [9.17, 15) is 0 Å². The molecular weight excluding hydrogens is 320 g/mol. The molecular formula is C22H32N4. The third-order valence-corrected chi connectivity index (χ3v) is 6.59. The number of hydrogen-bond donors (Lipinski definition) is 0. The highest BCUT2D eigenvalue weighted by Gasteiger charge is 2.56. The molecule has 0 N–H and O–H groups in total. The zero-order valence-electron chi connectivity index (χ0n) is 17.0. The van der Waals surface area contributed by atoms with Crippen molar-refractivity contribution in [3.63, 3.8) is 0 Å². The Balaban J connectivity index is 1.80. The van der Waals surface area contributed by atoms with Crippen LogP contribution in [0.25, 0.3) is 0 Å². The van der Waals surface area contributed by atoms with Crippen molar-refractivity contribution in [2.45, 2.75) is 71.6 Å². The summed E-state index contributed by atoms with van der Waals surface area (Å²) in [7, 11) is 2.16. The molecule has 4 heteroatoms. The SMILES string of the molecule is CCCC1(c2c3c(nn2C)N(c2cnc(C)cc2C)CCC3)CC1CC. The summed E-state index contributed by atoms with van der Waals surface area (Å²) in [5.41, 5.74) is 7.00. The summed E-state index contributed by atoms with van der Waals surface area (Å²) in [6.07, 6.45) is 9.55. The largest absolute Gasteiger partial charge is 0.323 e. The van der Waals surface area contributed by atoms with E-state index in [2.05, 4.69) is 55.4 Å². The minimum atomic E-state index is 0.377. The molecule has 2 unspecified atom stereocenters. The summed E-state index contributed by atoms with van der Waals surface area (Å²) in [4.78, 5) is 6.97. The van der Waals surface area contributed by atoms with Crippen molar-refractivity contribution < 1.29 is 0 Å². The highest BCUT2D eigenvalue weighted by Crippen LogP contribution is 2.60. The van der Waals surface area contributed by atoms with Gasteiger partial charge in [0.15, 0.2) is 5.82 Å². The lowest BCUT2D eigenvalue weighted by Crippen LogP contribution is -2.26. The predicted molar refractivity (Wildman–Crippen MR) is 107 cm³/mol. The molecule has 4 nitrogen and oxygen atoms in total. The van der Waals surface area contributed by atoms with E-state index in [0.29, 0.717) is 5.41 Å². The quantitative estimate of drug-likeness (QED) is 0.761. The van der Waals surface area contributed by atoms with Gasteiger partial charge in [0.25, 0.3) is 0 Å². The lowest BCUT2D eigenvalue weighted by molar-refractivity contribution is 0.491. The highest BCUT2D eigenvalue weighted by atomic mass is 15.4. The van der Waals surface area contributed by atoms with E-state index in [0.717, 1.165) is 24.6 Å². The van der Waals surface area contributed by atoms with Gasteiger partial charge in [-0.3, -0.25) is 9.67 Å². The van der Waals surface area contributed by atoms with Crippen LogP contribution < -0.4 is 4.90 Å². The van der Waals surface area contributed by atoms with Crippen LogP contribution in [0.4, 0.5) is 11.5 Å². The van der Waals surface area contributed by atoms with Gasteiger partial charge in [0, 0.05) is 36.0 Å². The maximum absolute atomic E-state index is 5.04. The summed E-state index contributed by atoms with van der Waals surface area (Å²) >= 11 is 0. The van der Waals surface area contributed by atoms with Crippen molar-refractivity contribution in [1.82, 2.24) is 14.8 Å². The summed E-state index contributed by atoms with van der Waals surface area (Å²) < 4.78 is 2.21. The molecule has 1 saturated carbocycles. The predicted octanol–water partition coefficient (Wildman–Crippen LogP) is 4.98. The Morgan fingerprint density at radius 3 is 2.73 bits per heavy atom. The fourth-order valence-electron chi connectivity index (χ4n) is 5.43. The Morgan fingerprint density at radius 1 is 1.27 bits per heavy atom. The molecule has 0 aromatic carbocycles. The maximum atomic E-state index is 5.04. The third-order valence-electron chi connectivity index (χ3n) is 6.59. The smallest absolute Gasteiger partial charge is 0.158 e. The number of nitrogens with zero attached hydrogens (tertiary/aromatic N) is 4. The fourth-order valence-corrected chi connectivity index (χ4v) is 5.43. The number of anilines is 2. The van der Waals surface area contributed by atoms with E-state index in [1.807, 2.05) is 6.20 Å². The molecule has 140 valence electrons. The number of hydrogen-bond acceptors (Lipinski definition) is 3. The molecule has 1 aliphatic heterocycles. The van der Waals surface area contributed by atoms with Crippen LogP contribution in [0, 0.1) is 19.8 Å². The molecule has 2 aromatic heterocycles. The molecule has 0 spiro atoms. The molecule has 0 bridgehead atoms. The van der Waals surface area contributed by atoms with Crippen LogP contribution in [0.15, 0.2) is 12.3 Å². The molecule has 2 atom stereocenters. The molecule has 4 rings (SSSR count). The molecule has 2 aromatic rings. The zero-order valence-corrected chi connectivity index (χ0v) is 17.0. The second-order valence-electron chi connectivity index (χ2n) is 8.36. The van der Waals surface area contributed by atoms with Crippen LogP contribution in [0.3, 0.4) is 0 Å². The van der Waals surface area contributed by atoms with Gasteiger partial charge in [-0.2, -0.15) is 5.10 Å². The first kappa shape index (κ1) is 17.6. The van der Waals surface area contributed by atoms with Crippen LogP contribution in [0.1, 0.15) is 68.5 Å². The van der Waals surface area contributed by atoms with E-state index in [1.165, 1.54) is 60.4 Å². The fraction of sp³-hybridized carbons (Fsp3) is 0.636. The molecule has 0 saturated heterocycles. The van der Waals surface area contributed by atoms with Crippen LogP contribution in [-0.2, 0) is 18.9 Å². The number of aryl methyl sites for hydroxylation is 3. The first-order chi connectivity index (χ1) is 12.5. The zero-order chi connectivity index (χ0) is 18.5. The van der Waals surface area contributed by atoms with Gasteiger partial charge in [-0.1, -0.05) is 26.7 Å². The molecule has 3 heterocycles. The standard InChI is InChI=1S/C22H32N4/c1-6-10-22(13-17(22)7-2)20-18-9-8-11-26(21(18)24-25(20)5)19-14-23-16(4)12-15(19)3/h12,14,17H,6-11,13H2,1-5H3. The molecule has 1 aliphatic carbocycles. The molecule has 26 heavy (non-hydrogen) atoms. The number of fused-ring (bicyclic) bond motifs is 1. The number of pyridine rings is 1. The van der Waals surface area contributed by atoms with Crippen molar-refractivity contribution in [3.8, 4) is 0 Å². The topological polar surface area (TPSA) is 34.0 Å². The molecule has 2 aliphatic rings. The maximum Gasteiger partial charge on any atom is 0.158 e. The Labute approximate surface area is 157 Å². The Bertz CT molecular complexity index is 822. The lowest BCUT2D eigenvalue weighted by Gasteiger charge is -2.30. The summed E-state index contributed by atoms with van der Waals surface area (Å²) in [6.45, 7) is 9.95. The number of rotatable bonds is 5. The molecule has 0 amide bonds. The average Bonchev–Trinajstić information content (AvgIpc) is 3.19. The Kier molecular flexibility index (Phi) is 4.32. The van der Waals surface area contributed by atoms with Gasteiger partial charge in [-0.15, -0.1) is 0 Å². The van der Waals surface area contributed by atoms with Gasteiger partial charge in [-0.05, 0) is 57.1 Å². The van der Waals surface area contributed by atoms with E-state index in [-0.39, 0.29) is 0 Å². The van der Waals surface area contributed by atoms with Gasteiger partial charge >= 0.3 is 0 Å². The minimum absolute atomic E-state index is 0.377. The summed E-state index contributed by atoms with van der Waals surface area (Å²) in [5, 5.41) is 5.04. The lowest BCUT2D eigenvalue weighted by atomic mass is 9.87. The summed E-state index contributed by atoms with van der Waals surface area (Å²) in [6, 6.07) is 2.18. The van der Waals surface area contributed by atoms with E-state index < -0.39 is 0 Å². The van der Waals surface area contributed by atoms with Gasteiger partial charge in [-0.25, -0.2) is 0 Å². The van der Waals surface area contributed by atoms with Crippen molar-refractivity contribution in [1.29, 1.82) is 0 Å². The van der Waals surface area contributed by atoms with Gasteiger partial charge in [0.05, 0.1) is 11.9 Å². The van der Waals surface area contributed by atoms with Crippen LogP contribution in [0.5, 0.6) is 0 Å². The van der Waals surface area contributed by atoms with E-state index in [4.69, 9.17) is 5.10 Å². The number of aromatic nitrogens is 3. The molecule has 0 radical (unpaired) electrons. The normalized spacial score (nSPS) is 24.7. The third kappa shape index (κ3) is 2.57. The van der Waals surface area contributed by atoms with Crippen LogP contribution in [0.2, 0.25) is 0 Å². The van der Waals surface area contributed by atoms with Crippen molar-refractivity contribution in [3.05, 3.63) is 34.8 Å². The second-order valence-corrected chi connectivity index (χ2v) is 8.36. The highest BCUT2D eigenvalue weighted by molar-refractivity contribution is 5.68. The summed E-state index contributed by atoms with van der Waals surface area (Å²) in [5.74, 6) is 2.01. The van der Waals surface area contributed by atoms with E-state index in [1.54, 1.807) is 0 Å². The van der Waals surface area contributed by atoms with Gasteiger partial charge < -0.3 is 4.90 Å². The monoisotopic (exact) mass is 352 g/mol. The first-order valence-electron chi connectivity index (χ1n) is 10.3. The van der Waals surface area contributed by atoms with Gasteiger partial charge in [0.2, 0.25) is 0 Å². The van der Waals surface area contributed by atoms with Crippen LogP contribution in [-0.4, -0.2) is 21.3 Å². The van der Waals surface area contributed by atoms with Gasteiger partial charge in [0.1, 0.15) is 0 Å². The first-order valence-corrected chi connectivity index (χ1v) is 10.3.